The third kappa shape index (κ3) is 6.78. The van der Waals surface area contributed by atoms with Gasteiger partial charge in [0, 0.05) is 13.7 Å². The van der Waals surface area contributed by atoms with Crippen LogP contribution in [0.3, 0.4) is 0 Å². The number of ether oxygens (including phenoxy) is 1. The molecule has 0 spiro atoms. The number of unbranched alkanes of at least 4 members (excludes halogenated alkanes) is 3. The van der Waals surface area contributed by atoms with Gasteiger partial charge >= 0.3 is 6.18 Å². The van der Waals surface area contributed by atoms with Gasteiger partial charge in [-0.3, -0.25) is 0 Å². The minimum atomic E-state index is -4.32. The minimum Gasteiger partial charge on any atom is -0.385 e. The van der Waals surface area contributed by atoms with Crippen LogP contribution in [-0.2, 0) is 17.3 Å². The van der Waals surface area contributed by atoms with Crippen LogP contribution in [0.25, 0.3) is 5.57 Å². The first-order valence-corrected chi connectivity index (χ1v) is 8.26. The largest absolute Gasteiger partial charge is 0.416 e. The molecule has 23 heavy (non-hydrogen) atoms. The Bertz CT molecular complexity index is 504. The van der Waals surface area contributed by atoms with Gasteiger partial charge in [-0.05, 0) is 61.8 Å². The van der Waals surface area contributed by atoms with Crippen molar-refractivity contribution in [3.05, 3.63) is 41.0 Å². The Morgan fingerprint density at radius 3 is 2.52 bits per heavy atom. The Morgan fingerprint density at radius 2 is 1.91 bits per heavy atom. The number of hydrogen-bond donors (Lipinski definition) is 0. The lowest BCUT2D eigenvalue weighted by molar-refractivity contribution is -0.137. The molecule has 0 saturated carbocycles. The molecule has 0 radical (unpaired) electrons. The second-order valence-electron chi connectivity index (χ2n) is 5.86. The molecule has 0 unspecified atom stereocenters. The Kier molecular flexibility index (Phi) is 8.38. The first-order valence-electron chi connectivity index (χ1n) is 8.26. The Labute approximate surface area is 137 Å². The third-order valence-electron chi connectivity index (χ3n) is 3.89. The maximum absolute atomic E-state index is 13.2. The molecule has 0 aliphatic heterocycles. The highest BCUT2D eigenvalue weighted by molar-refractivity contribution is 5.67. The summed E-state index contributed by atoms with van der Waals surface area (Å²) in [6.07, 6.45) is 3.04. The maximum atomic E-state index is 13.2. The predicted molar refractivity (Wildman–Crippen MR) is 89.4 cm³/mol. The van der Waals surface area contributed by atoms with E-state index in [-0.39, 0.29) is 0 Å². The fourth-order valence-electron chi connectivity index (χ4n) is 2.52. The second-order valence-corrected chi connectivity index (χ2v) is 5.86. The lowest BCUT2D eigenvalue weighted by atomic mass is 9.95. The van der Waals surface area contributed by atoms with Crippen LogP contribution in [0, 0.1) is 0 Å². The molecule has 0 aliphatic carbocycles. The SMILES string of the molecule is CCCCc1ccc(C(F)(F)F)c(/C(C)=C\CCCCOC)c1. The summed E-state index contributed by atoms with van der Waals surface area (Å²) in [6, 6.07) is 4.54. The molecule has 0 aliphatic rings. The van der Waals surface area contributed by atoms with Crippen molar-refractivity contribution in [3.8, 4) is 0 Å². The summed E-state index contributed by atoms with van der Waals surface area (Å²) in [4.78, 5) is 0. The first kappa shape index (κ1) is 19.8. The zero-order valence-corrected chi connectivity index (χ0v) is 14.3. The summed E-state index contributed by atoms with van der Waals surface area (Å²) in [5.74, 6) is 0. The molecule has 1 rings (SSSR count). The number of rotatable bonds is 9. The quantitative estimate of drug-likeness (QED) is 0.486. The van der Waals surface area contributed by atoms with Crippen LogP contribution < -0.4 is 0 Å². The fraction of sp³-hybridized carbons (Fsp3) is 0.579. The molecule has 0 N–H and O–H groups in total. The number of hydrogen-bond acceptors (Lipinski definition) is 1. The number of methoxy groups -OCH3 is 1. The van der Waals surface area contributed by atoms with Crippen molar-refractivity contribution < 1.29 is 17.9 Å². The van der Waals surface area contributed by atoms with E-state index >= 15 is 0 Å². The molecule has 0 atom stereocenters. The zero-order chi connectivity index (χ0) is 17.3. The van der Waals surface area contributed by atoms with Gasteiger partial charge in [0.1, 0.15) is 0 Å². The highest BCUT2D eigenvalue weighted by Gasteiger charge is 2.33. The highest BCUT2D eigenvalue weighted by atomic mass is 19.4. The lowest BCUT2D eigenvalue weighted by Gasteiger charge is -2.15. The molecule has 1 aromatic carbocycles. The summed E-state index contributed by atoms with van der Waals surface area (Å²) >= 11 is 0. The van der Waals surface area contributed by atoms with Crippen molar-refractivity contribution in [3.63, 3.8) is 0 Å². The molecule has 0 bridgehead atoms. The Balaban J connectivity index is 2.96. The van der Waals surface area contributed by atoms with Crippen LogP contribution in [0.1, 0.15) is 62.6 Å². The second kappa shape index (κ2) is 9.76. The summed E-state index contributed by atoms with van der Waals surface area (Å²) in [5.41, 5.74) is 1.45. The van der Waals surface area contributed by atoms with Gasteiger partial charge in [-0.25, -0.2) is 0 Å². The van der Waals surface area contributed by atoms with Crippen molar-refractivity contribution in [2.45, 2.75) is 58.5 Å². The smallest absolute Gasteiger partial charge is 0.385 e. The van der Waals surface area contributed by atoms with E-state index in [4.69, 9.17) is 4.74 Å². The van der Waals surface area contributed by atoms with Gasteiger partial charge in [0.25, 0.3) is 0 Å². The van der Waals surface area contributed by atoms with E-state index < -0.39 is 11.7 Å². The first-order chi connectivity index (χ1) is 10.9. The standard InChI is InChI=1S/C19H27F3O/c1-4-5-10-16-11-12-18(19(20,21)22)17(14-16)15(2)9-7-6-8-13-23-3/h9,11-12,14H,4-8,10,13H2,1-3H3/b15-9-. The predicted octanol–water partition coefficient (Wildman–Crippen LogP) is 6.27. The molecule has 0 saturated heterocycles. The molecule has 0 fully saturated rings. The molecule has 4 heteroatoms. The number of aryl methyl sites for hydroxylation is 1. The van der Waals surface area contributed by atoms with E-state index in [0.29, 0.717) is 17.7 Å². The Hall–Kier alpha value is -1.29. The monoisotopic (exact) mass is 328 g/mol. The van der Waals surface area contributed by atoms with Gasteiger partial charge in [0.2, 0.25) is 0 Å². The van der Waals surface area contributed by atoms with Crippen LogP contribution >= 0.6 is 0 Å². The number of halogens is 3. The Morgan fingerprint density at radius 1 is 1.17 bits per heavy atom. The van der Waals surface area contributed by atoms with E-state index in [1.54, 1.807) is 26.2 Å². The molecular formula is C19H27F3O. The molecule has 1 aromatic rings. The van der Waals surface area contributed by atoms with Crippen LogP contribution in [0.15, 0.2) is 24.3 Å². The molecule has 1 nitrogen and oxygen atoms in total. The summed E-state index contributed by atoms with van der Waals surface area (Å²) < 4.78 is 44.7. The van der Waals surface area contributed by atoms with Crippen LogP contribution in [0.2, 0.25) is 0 Å². The summed E-state index contributed by atoms with van der Waals surface area (Å²) in [7, 11) is 1.65. The highest BCUT2D eigenvalue weighted by Crippen LogP contribution is 2.35. The van der Waals surface area contributed by atoms with Gasteiger partial charge in [-0.15, -0.1) is 0 Å². The molecule has 0 amide bonds. The fourth-order valence-corrected chi connectivity index (χ4v) is 2.52. The number of benzene rings is 1. The number of allylic oxidation sites excluding steroid dienone is 2. The van der Waals surface area contributed by atoms with Crippen molar-refractivity contribution >= 4 is 5.57 Å². The third-order valence-corrected chi connectivity index (χ3v) is 3.89. The van der Waals surface area contributed by atoms with E-state index in [0.717, 1.165) is 44.1 Å². The van der Waals surface area contributed by atoms with Crippen molar-refractivity contribution in [1.29, 1.82) is 0 Å². The lowest BCUT2D eigenvalue weighted by Crippen LogP contribution is -2.09. The maximum Gasteiger partial charge on any atom is 0.416 e. The minimum absolute atomic E-state index is 0.317. The van der Waals surface area contributed by atoms with Crippen LogP contribution in [0.4, 0.5) is 13.2 Å². The summed E-state index contributed by atoms with van der Waals surface area (Å²) in [5, 5.41) is 0. The summed E-state index contributed by atoms with van der Waals surface area (Å²) in [6.45, 7) is 4.54. The topological polar surface area (TPSA) is 9.23 Å². The van der Waals surface area contributed by atoms with Gasteiger partial charge in [-0.2, -0.15) is 13.2 Å². The van der Waals surface area contributed by atoms with Gasteiger partial charge < -0.3 is 4.74 Å². The van der Waals surface area contributed by atoms with Gasteiger partial charge in [0.05, 0.1) is 5.56 Å². The molecular weight excluding hydrogens is 301 g/mol. The van der Waals surface area contributed by atoms with Gasteiger partial charge in [0.15, 0.2) is 0 Å². The molecule has 0 aromatic heterocycles. The van der Waals surface area contributed by atoms with Crippen molar-refractivity contribution in [2.24, 2.45) is 0 Å². The number of alkyl halides is 3. The molecule has 0 heterocycles. The van der Waals surface area contributed by atoms with Crippen LogP contribution in [-0.4, -0.2) is 13.7 Å². The van der Waals surface area contributed by atoms with Gasteiger partial charge in [-0.1, -0.05) is 31.6 Å². The average molecular weight is 328 g/mol. The van der Waals surface area contributed by atoms with E-state index in [1.807, 2.05) is 6.08 Å². The van der Waals surface area contributed by atoms with Crippen molar-refractivity contribution in [1.82, 2.24) is 0 Å². The van der Waals surface area contributed by atoms with Crippen LogP contribution in [0.5, 0.6) is 0 Å². The van der Waals surface area contributed by atoms with Crippen molar-refractivity contribution in [2.75, 3.05) is 13.7 Å². The molecule has 130 valence electrons. The average Bonchev–Trinajstić information content (AvgIpc) is 2.51. The van der Waals surface area contributed by atoms with E-state index in [2.05, 4.69) is 6.92 Å². The van der Waals surface area contributed by atoms with E-state index in [9.17, 15) is 13.2 Å². The zero-order valence-electron chi connectivity index (χ0n) is 14.3. The normalized spacial score (nSPS) is 12.7. The van der Waals surface area contributed by atoms with E-state index in [1.165, 1.54) is 6.07 Å².